The number of ketones is 1. The molecule has 0 saturated carbocycles. The van der Waals surface area contributed by atoms with Crippen molar-refractivity contribution in [1.29, 1.82) is 0 Å². The number of Topliss-reactive ketones (excluding diaryl/α,β-unsaturated/α-hetero) is 1. The monoisotopic (exact) mass is 270 g/mol. The Labute approximate surface area is 98.8 Å². The van der Waals surface area contributed by atoms with E-state index in [1.54, 1.807) is 0 Å². The number of alkyl halides is 1. The van der Waals surface area contributed by atoms with Crippen molar-refractivity contribution in [1.82, 2.24) is 0 Å². The number of carbonyl (C=O) groups is 1. The zero-order valence-electron chi connectivity index (χ0n) is 9.05. The lowest BCUT2D eigenvalue weighted by atomic mass is 10.0. The van der Waals surface area contributed by atoms with Crippen molar-refractivity contribution in [3.05, 3.63) is 29.3 Å². The van der Waals surface area contributed by atoms with Crippen molar-refractivity contribution < 1.29 is 9.53 Å². The minimum absolute atomic E-state index is 0.187. The van der Waals surface area contributed by atoms with Gasteiger partial charge in [-0.25, -0.2) is 0 Å². The fraction of sp³-hybridized carbons (Fsp3) is 0.417. The molecule has 0 N–H and O–H groups in total. The molecule has 0 bridgehead atoms. The van der Waals surface area contributed by atoms with Crippen LogP contribution in [0.15, 0.2) is 18.2 Å². The molecule has 0 saturated heterocycles. The van der Waals surface area contributed by atoms with Gasteiger partial charge >= 0.3 is 0 Å². The Hall–Kier alpha value is -0.830. The lowest BCUT2D eigenvalue weighted by Gasteiger charge is -2.10. The van der Waals surface area contributed by atoms with Crippen LogP contribution in [0.5, 0.6) is 5.75 Å². The highest BCUT2D eigenvalue weighted by Gasteiger charge is 2.08. The van der Waals surface area contributed by atoms with Gasteiger partial charge in [-0.15, -0.1) is 0 Å². The molecule has 1 aromatic rings. The van der Waals surface area contributed by atoms with Crippen LogP contribution in [0.2, 0.25) is 0 Å². The second-order valence-corrected chi connectivity index (χ2v) is 3.88. The molecule has 0 heterocycles. The van der Waals surface area contributed by atoms with Crippen molar-refractivity contribution in [2.24, 2.45) is 0 Å². The smallest absolute Gasteiger partial charge is 0.147 e. The Morgan fingerprint density at radius 2 is 2.20 bits per heavy atom. The molecule has 0 aromatic heterocycles. The topological polar surface area (TPSA) is 26.3 Å². The zero-order valence-corrected chi connectivity index (χ0v) is 10.6. The van der Waals surface area contributed by atoms with Crippen molar-refractivity contribution >= 4 is 21.7 Å². The summed E-state index contributed by atoms with van der Waals surface area (Å²) < 4.78 is 5.47. The maximum Gasteiger partial charge on any atom is 0.147 e. The number of rotatable bonds is 5. The lowest BCUT2D eigenvalue weighted by Crippen LogP contribution is -2.06. The SMILES string of the molecule is CCOc1cccc(CC(=O)CBr)c1C. The Morgan fingerprint density at radius 1 is 1.47 bits per heavy atom. The molecule has 0 spiro atoms. The van der Waals surface area contributed by atoms with Crippen LogP contribution in [0.4, 0.5) is 0 Å². The quantitative estimate of drug-likeness (QED) is 0.770. The van der Waals surface area contributed by atoms with Crippen LogP contribution in [0.25, 0.3) is 0 Å². The summed E-state index contributed by atoms with van der Waals surface area (Å²) in [5.74, 6) is 1.06. The number of carbonyl (C=O) groups excluding carboxylic acids is 1. The molecule has 1 aromatic carbocycles. The first-order valence-electron chi connectivity index (χ1n) is 4.98. The number of hydrogen-bond acceptors (Lipinski definition) is 2. The number of halogens is 1. The molecule has 0 amide bonds. The summed E-state index contributed by atoms with van der Waals surface area (Å²) in [7, 11) is 0. The van der Waals surface area contributed by atoms with E-state index in [9.17, 15) is 4.79 Å². The summed E-state index contributed by atoms with van der Waals surface area (Å²) in [5.41, 5.74) is 2.11. The lowest BCUT2D eigenvalue weighted by molar-refractivity contribution is -0.115. The molecule has 0 aliphatic heterocycles. The predicted octanol–water partition coefficient (Wildman–Crippen LogP) is 2.90. The van der Waals surface area contributed by atoms with E-state index >= 15 is 0 Å². The van der Waals surface area contributed by atoms with Gasteiger partial charge in [0.2, 0.25) is 0 Å². The molecule has 0 fully saturated rings. The number of benzene rings is 1. The third-order valence-electron chi connectivity index (χ3n) is 2.23. The Kier molecular flexibility index (Phi) is 4.82. The largest absolute Gasteiger partial charge is 0.494 e. The normalized spacial score (nSPS) is 10.1. The molecule has 0 aliphatic rings. The first-order chi connectivity index (χ1) is 7.19. The zero-order chi connectivity index (χ0) is 11.3. The minimum Gasteiger partial charge on any atom is -0.494 e. The predicted molar refractivity (Wildman–Crippen MR) is 64.9 cm³/mol. The van der Waals surface area contributed by atoms with Gasteiger partial charge in [0.1, 0.15) is 11.5 Å². The van der Waals surface area contributed by atoms with Gasteiger partial charge in [-0.05, 0) is 31.0 Å². The first kappa shape index (κ1) is 12.2. The summed E-state index contributed by atoms with van der Waals surface area (Å²) in [5, 5.41) is 0.408. The van der Waals surface area contributed by atoms with Gasteiger partial charge in [0, 0.05) is 6.42 Å². The van der Waals surface area contributed by atoms with Crippen LogP contribution in [0, 0.1) is 6.92 Å². The van der Waals surface area contributed by atoms with Crippen LogP contribution in [0.1, 0.15) is 18.1 Å². The van der Waals surface area contributed by atoms with E-state index in [4.69, 9.17) is 4.74 Å². The standard InChI is InChI=1S/C12H15BrO2/c1-3-15-12-6-4-5-10(9(12)2)7-11(14)8-13/h4-6H,3,7-8H2,1-2H3. The highest BCUT2D eigenvalue weighted by atomic mass is 79.9. The van der Waals surface area contributed by atoms with Crippen LogP contribution in [-0.2, 0) is 11.2 Å². The fourth-order valence-electron chi connectivity index (χ4n) is 1.42. The highest BCUT2D eigenvalue weighted by molar-refractivity contribution is 9.09. The van der Waals surface area contributed by atoms with Gasteiger partial charge in [0.15, 0.2) is 0 Å². The molecular formula is C12H15BrO2. The molecule has 0 unspecified atom stereocenters. The molecule has 0 atom stereocenters. The van der Waals surface area contributed by atoms with Gasteiger partial charge in [-0.2, -0.15) is 0 Å². The average molecular weight is 271 g/mol. The van der Waals surface area contributed by atoms with Crippen molar-refractivity contribution in [2.45, 2.75) is 20.3 Å². The van der Waals surface area contributed by atoms with E-state index < -0.39 is 0 Å². The van der Waals surface area contributed by atoms with E-state index in [1.165, 1.54) is 0 Å². The highest BCUT2D eigenvalue weighted by Crippen LogP contribution is 2.21. The average Bonchev–Trinajstić information content (AvgIpc) is 2.24. The Bertz CT molecular complexity index is 347. The summed E-state index contributed by atoms with van der Waals surface area (Å²) in [6.07, 6.45) is 0.470. The molecule has 3 heteroatoms. The van der Waals surface area contributed by atoms with E-state index in [0.29, 0.717) is 18.4 Å². The molecule has 0 radical (unpaired) electrons. The summed E-state index contributed by atoms with van der Waals surface area (Å²) in [6, 6.07) is 5.83. The van der Waals surface area contributed by atoms with Gasteiger partial charge in [-0.3, -0.25) is 4.79 Å². The van der Waals surface area contributed by atoms with E-state index in [2.05, 4.69) is 15.9 Å². The van der Waals surface area contributed by atoms with Gasteiger partial charge in [-0.1, -0.05) is 28.1 Å². The Balaban J connectivity index is 2.88. The van der Waals surface area contributed by atoms with Gasteiger partial charge in [0.05, 0.1) is 11.9 Å². The van der Waals surface area contributed by atoms with Crippen LogP contribution < -0.4 is 4.74 Å². The summed E-state index contributed by atoms with van der Waals surface area (Å²) >= 11 is 3.17. The van der Waals surface area contributed by atoms with E-state index in [1.807, 2.05) is 32.0 Å². The van der Waals surface area contributed by atoms with Crippen LogP contribution in [0.3, 0.4) is 0 Å². The first-order valence-corrected chi connectivity index (χ1v) is 6.10. The molecule has 1 rings (SSSR count). The number of ether oxygens (including phenoxy) is 1. The van der Waals surface area contributed by atoms with E-state index in [0.717, 1.165) is 16.9 Å². The van der Waals surface area contributed by atoms with Gasteiger partial charge in [0.25, 0.3) is 0 Å². The summed E-state index contributed by atoms with van der Waals surface area (Å²) in [4.78, 5) is 11.3. The van der Waals surface area contributed by atoms with Crippen LogP contribution in [-0.4, -0.2) is 17.7 Å². The fourth-order valence-corrected chi connectivity index (χ4v) is 1.62. The molecule has 15 heavy (non-hydrogen) atoms. The third kappa shape index (κ3) is 3.34. The minimum atomic E-state index is 0.187. The molecule has 0 aliphatic carbocycles. The van der Waals surface area contributed by atoms with Crippen molar-refractivity contribution in [3.8, 4) is 5.75 Å². The van der Waals surface area contributed by atoms with Crippen molar-refractivity contribution in [3.63, 3.8) is 0 Å². The Morgan fingerprint density at radius 3 is 2.80 bits per heavy atom. The third-order valence-corrected chi connectivity index (χ3v) is 2.86. The van der Waals surface area contributed by atoms with Crippen molar-refractivity contribution in [2.75, 3.05) is 11.9 Å². The number of hydrogen-bond donors (Lipinski definition) is 0. The van der Waals surface area contributed by atoms with Crippen LogP contribution >= 0.6 is 15.9 Å². The van der Waals surface area contributed by atoms with E-state index in [-0.39, 0.29) is 5.78 Å². The maximum absolute atomic E-state index is 11.3. The molecular weight excluding hydrogens is 256 g/mol. The van der Waals surface area contributed by atoms with Gasteiger partial charge < -0.3 is 4.74 Å². The molecule has 2 nitrogen and oxygen atoms in total. The second-order valence-electron chi connectivity index (χ2n) is 3.32. The maximum atomic E-state index is 11.3. The summed E-state index contributed by atoms with van der Waals surface area (Å²) in [6.45, 7) is 4.59. The molecule has 82 valence electrons. The second kappa shape index (κ2) is 5.91.